The van der Waals surface area contributed by atoms with E-state index >= 15 is 0 Å². The first-order valence-electron chi connectivity index (χ1n) is 6.77. The van der Waals surface area contributed by atoms with Gasteiger partial charge in [-0.05, 0) is 20.8 Å². The number of carbonyl (C=O) groups excluding carboxylic acids is 1. The van der Waals surface area contributed by atoms with E-state index in [2.05, 4.69) is 4.98 Å². The van der Waals surface area contributed by atoms with Crippen molar-refractivity contribution in [3.05, 3.63) is 40.9 Å². The molecule has 1 amide bonds. The minimum atomic E-state index is -0.916. The van der Waals surface area contributed by atoms with Gasteiger partial charge in [-0.3, -0.25) is 4.79 Å². The summed E-state index contributed by atoms with van der Waals surface area (Å²) in [6, 6.07) is 8.06. The van der Waals surface area contributed by atoms with Crippen LogP contribution in [0.25, 0.3) is 10.6 Å². The van der Waals surface area contributed by atoms with Gasteiger partial charge < -0.3 is 10.0 Å². The molecule has 0 bridgehead atoms. The number of benzene rings is 1. The smallest absolute Gasteiger partial charge is 0.273 e. The minimum Gasteiger partial charge on any atom is -0.389 e. The van der Waals surface area contributed by atoms with E-state index in [9.17, 15) is 9.90 Å². The lowest BCUT2D eigenvalue weighted by Gasteiger charge is -2.24. The number of rotatable bonds is 4. The predicted molar refractivity (Wildman–Crippen MR) is 85.5 cm³/mol. The minimum absolute atomic E-state index is 0.174. The molecule has 0 spiro atoms. The fourth-order valence-corrected chi connectivity index (χ4v) is 2.85. The maximum atomic E-state index is 12.3. The van der Waals surface area contributed by atoms with Crippen molar-refractivity contribution in [3.8, 4) is 10.6 Å². The molecule has 0 aliphatic heterocycles. The van der Waals surface area contributed by atoms with E-state index in [-0.39, 0.29) is 12.5 Å². The lowest BCUT2D eigenvalue weighted by molar-refractivity contribution is 0.0365. The first kappa shape index (κ1) is 15.7. The molecule has 0 saturated heterocycles. The fraction of sp³-hybridized carbons (Fsp3) is 0.375. The molecule has 0 unspecified atom stereocenters. The van der Waals surface area contributed by atoms with Crippen LogP contribution < -0.4 is 0 Å². The number of carbonyl (C=O) groups is 1. The van der Waals surface area contributed by atoms with Crippen molar-refractivity contribution in [1.29, 1.82) is 0 Å². The Hall–Kier alpha value is -1.72. The van der Waals surface area contributed by atoms with Crippen molar-refractivity contribution < 1.29 is 9.90 Å². The number of thiazole rings is 1. The van der Waals surface area contributed by atoms with E-state index in [1.165, 1.54) is 21.8 Å². The highest BCUT2D eigenvalue weighted by Crippen LogP contribution is 2.24. The molecule has 4 nitrogen and oxygen atoms in total. The Balaban J connectivity index is 2.16. The van der Waals surface area contributed by atoms with Gasteiger partial charge in [0.15, 0.2) is 0 Å². The third-order valence-corrected chi connectivity index (χ3v) is 3.88. The number of amides is 1. The van der Waals surface area contributed by atoms with E-state index in [1.807, 2.05) is 31.2 Å². The monoisotopic (exact) mass is 304 g/mol. The summed E-state index contributed by atoms with van der Waals surface area (Å²) in [4.78, 5) is 18.2. The third kappa shape index (κ3) is 4.12. The molecule has 0 aliphatic carbocycles. The molecule has 1 aromatic heterocycles. The largest absolute Gasteiger partial charge is 0.389 e. The molecule has 0 atom stereocenters. The van der Waals surface area contributed by atoms with Crippen LogP contribution in [0.4, 0.5) is 0 Å². The highest BCUT2D eigenvalue weighted by Gasteiger charge is 2.22. The first-order chi connectivity index (χ1) is 9.76. The number of nitrogens with zero attached hydrogens (tertiary/aromatic N) is 2. The molecule has 0 radical (unpaired) electrons. The van der Waals surface area contributed by atoms with Gasteiger partial charge in [-0.25, -0.2) is 4.98 Å². The lowest BCUT2D eigenvalue weighted by atomic mass is 10.1. The molecule has 0 aliphatic rings. The van der Waals surface area contributed by atoms with E-state index in [1.54, 1.807) is 26.3 Å². The van der Waals surface area contributed by atoms with Gasteiger partial charge in [0.2, 0.25) is 0 Å². The van der Waals surface area contributed by atoms with Crippen molar-refractivity contribution in [2.75, 3.05) is 13.6 Å². The maximum absolute atomic E-state index is 12.3. The first-order valence-corrected chi connectivity index (χ1v) is 7.65. The van der Waals surface area contributed by atoms with Crippen LogP contribution in [0.5, 0.6) is 0 Å². The van der Waals surface area contributed by atoms with Gasteiger partial charge in [-0.2, -0.15) is 0 Å². The van der Waals surface area contributed by atoms with E-state index in [4.69, 9.17) is 0 Å². The maximum Gasteiger partial charge on any atom is 0.273 e. The summed E-state index contributed by atoms with van der Waals surface area (Å²) in [5.41, 5.74) is 1.70. The third-order valence-electron chi connectivity index (χ3n) is 2.99. The van der Waals surface area contributed by atoms with Crippen LogP contribution in [-0.4, -0.2) is 40.1 Å². The molecule has 21 heavy (non-hydrogen) atoms. The molecule has 1 N–H and O–H groups in total. The Morgan fingerprint density at radius 1 is 1.33 bits per heavy atom. The summed E-state index contributed by atoms with van der Waals surface area (Å²) in [6.45, 7) is 5.65. The molecule has 2 rings (SSSR count). The van der Waals surface area contributed by atoms with Crippen molar-refractivity contribution >= 4 is 17.2 Å². The zero-order valence-electron chi connectivity index (χ0n) is 12.8. The summed E-state index contributed by atoms with van der Waals surface area (Å²) in [5, 5.41) is 12.4. The van der Waals surface area contributed by atoms with Gasteiger partial charge in [-0.1, -0.05) is 29.8 Å². The Bertz CT molecular complexity index is 626. The van der Waals surface area contributed by atoms with Gasteiger partial charge in [-0.15, -0.1) is 11.3 Å². The van der Waals surface area contributed by atoms with Crippen molar-refractivity contribution in [2.45, 2.75) is 26.4 Å². The highest BCUT2D eigenvalue weighted by molar-refractivity contribution is 7.13. The van der Waals surface area contributed by atoms with Crippen LogP contribution in [-0.2, 0) is 0 Å². The van der Waals surface area contributed by atoms with Crippen LogP contribution >= 0.6 is 11.3 Å². The van der Waals surface area contributed by atoms with Crippen LogP contribution in [0.2, 0.25) is 0 Å². The summed E-state index contributed by atoms with van der Waals surface area (Å²) in [7, 11) is 1.67. The second-order valence-electron chi connectivity index (χ2n) is 5.88. The Morgan fingerprint density at radius 3 is 2.52 bits per heavy atom. The number of aromatic nitrogens is 1. The van der Waals surface area contributed by atoms with Crippen LogP contribution in [0, 0.1) is 6.92 Å². The lowest BCUT2D eigenvalue weighted by Crippen LogP contribution is -2.39. The Morgan fingerprint density at radius 2 is 1.95 bits per heavy atom. The van der Waals surface area contributed by atoms with Crippen molar-refractivity contribution in [3.63, 3.8) is 0 Å². The topological polar surface area (TPSA) is 53.4 Å². The Kier molecular flexibility index (Phi) is 4.44. The molecule has 112 valence electrons. The second-order valence-corrected chi connectivity index (χ2v) is 6.74. The van der Waals surface area contributed by atoms with Crippen LogP contribution in [0.1, 0.15) is 29.9 Å². The molecule has 5 heteroatoms. The molecule has 1 aromatic carbocycles. The Labute approximate surface area is 129 Å². The second kappa shape index (κ2) is 5.95. The summed E-state index contributed by atoms with van der Waals surface area (Å²) >= 11 is 1.45. The number of likely N-dealkylation sites (N-methyl/N-ethyl adjacent to an activating group) is 1. The van der Waals surface area contributed by atoms with E-state index in [0.29, 0.717) is 5.69 Å². The van der Waals surface area contributed by atoms with Gasteiger partial charge in [0, 0.05) is 24.5 Å². The number of aryl methyl sites for hydroxylation is 1. The quantitative estimate of drug-likeness (QED) is 0.945. The van der Waals surface area contributed by atoms with Gasteiger partial charge in [0.25, 0.3) is 5.91 Å². The van der Waals surface area contributed by atoms with Crippen LogP contribution in [0.3, 0.4) is 0 Å². The fourth-order valence-electron chi connectivity index (χ4n) is 2.05. The van der Waals surface area contributed by atoms with Crippen LogP contribution in [0.15, 0.2) is 29.6 Å². The standard InChI is InChI=1S/C16H20N2O2S/c1-11-5-7-12(8-6-11)14-17-13(9-21-14)15(19)18(4)10-16(2,3)20/h5-9,20H,10H2,1-4H3. The van der Waals surface area contributed by atoms with Crippen molar-refractivity contribution in [2.24, 2.45) is 0 Å². The normalized spacial score (nSPS) is 11.5. The zero-order valence-corrected chi connectivity index (χ0v) is 13.6. The molecule has 0 fully saturated rings. The van der Waals surface area contributed by atoms with E-state index in [0.717, 1.165) is 10.6 Å². The number of hydrogen-bond acceptors (Lipinski definition) is 4. The molecular weight excluding hydrogens is 284 g/mol. The van der Waals surface area contributed by atoms with E-state index < -0.39 is 5.60 Å². The predicted octanol–water partition coefficient (Wildman–Crippen LogP) is 2.96. The number of hydrogen-bond donors (Lipinski definition) is 1. The summed E-state index contributed by atoms with van der Waals surface area (Å²) in [6.07, 6.45) is 0. The molecule has 2 aromatic rings. The SMILES string of the molecule is Cc1ccc(-c2nc(C(=O)N(C)CC(C)(C)O)cs2)cc1. The molecular formula is C16H20N2O2S. The highest BCUT2D eigenvalue weighted by atomic mass is 32.1. The number of aliphatic hydroxyl groups is 1. The van der Waals surface area contributed by atoms with Gasteiger partial charge in [0.05, 0.1) is 5.60 Å². The summed E-state index contributed by atoms with van der Waals surface area (Å²) < 4.78 is 0. The average molecular weight is 304 g/mol. The average Bonchev–Trinajstić information content (AvgIpc) is 2.86. The van der Waals surface area contributed by atoms with Gasteiger partial charge >= 0.3 is 0 Å². The molecule has 0 saturated carbocycles. The summed E-state index contributed by atoms with van der Waals surface area (Å²) in [5.74, 6) is -0.174. The van der Waals surface area contributed by atoms with Crippen molar-refractivity contribution in [1.82, 2.24) is 9.88 Å². The van der Waals surface area contributed by atoms with Gasteiger partial charge in [0.1, 0.15) is 10.7 Å². The zero-order chi connectivity index (χ0) is 15.6. The molecule has 1 heterocycles.